The first kappa shape index (κ1) is 21.1. The summed E-state index contributed by atoms with van der Waals surface area (Å²) in [6.07, 6.45) is -3.78. The van der Waals surface area contributed by atoms with Crippen molar-refractivity contribution >= 4 is 28.6 Å². The number of carbonyl (C=O) groups excluding carboxylic acids is 1. The van der Waals surface area contributed by atoms with Crippen LogP contribution in [0.4, 0.5) is 13.2 Å². The van der Waals surface area contributed by atoms with Gasteiger partial charge in [0.2, 0.25) is 11.7 Å². The number of nitrogens with zero attached hydrogens (tertiary/aromatic N) is 2. The molecule has 8 heteroatoms. The van der Waals surface area contributed by atoms with E-state index < -0.39 is 12.0 Å². The average Bonchev–Trinajstić information content (AvgIpc) is 2.72. The Bertz CT molecular complexity index is 980. The SMILES string of the molecule is CCC(CNC(=O)CSc1nc(C(F)(F)F)nc2ccccc12)c1ccccc1. The van der Waals surface area contributed by atoms with Crippen molar-refractivity contribution < 1.29 is 18.0 Å². The van der Waals surface area contributed by atoms with Crippen molar-refractivity contribution in [3.63, 3.8) is 0 Å². The molecule has 152 valence electrons. The molecule has 0 aliphatic carbocycles. The first-order valence-corrected chi connectivity index (χ1v) is 10.2. The van der Waals surface area contributed by atoms with Crippen LogP contribution < -0.4 is 5.32 Å². The molecular formula is C21H20F3N3OS. The molecule has 1 unspecified atom stereocenters. The minimum atomic E-state index is -4.65. The third kappa shape index (κ3) is 5.47. The van der Waals surface area contributed by atoms with Crippen LogP contribution in [0.25, 0.3) is 10.9 Å². The zero-order valence-corrected chi connectivity index (χ0v) is 16.6. The van der Waals surface area contributed by atoms with Crippen LogP contribution in [0.2, 0.25) is 0 Å². The highest BCUT2D eigenvalue weighted by atomic mass is 32.2. The molecule has 0 fully saturated rings. The number of benzene rings is 2. The quantitative estimate of drug-likeness (QED) is 0.430. The minimum absolute atomic E-state index is 0.0243. The lowest BCUT2D eigenvalue weighted by atomic mass is 9.96. The molecule has 1 amide bonds. The molecule has 0 aliphatic rings. The van der Waals surface area contributed by atoms with Gasteiger partial charge < -0.3 is 5.32 Å². The topological polar surface area (TPSA) is 54.9 Å². The lowest BCUT2D eigenvalue weighted by molar-refractivity contribution is -0.145. The van der Waals surface area contributed by atoms with E-state index in [4.69, 9.17) is 0 Å². The third-order valence-electron chi connectivity index (χ3n) is 4.47. The fourth-order valence-corrected chi connectivity index (χ4v) is 3.78. The van der Waals surface area contributed by atoms with Gasteiger partial charge in [-0.25, -0.2) is 9.97 Å². The monoisotopic (exact) mass is 419 g/mol. The summed E-state index contributed by atoms with van der Waals surface area (Å²) in [5.41, 5.74) is 1.34. The number of para-hydroxylation sites is 1. The molecule has 3 rings (SSSR count). The largest absolute Gasteiger partial charge is 0.451 e. The van der Waals surface area contributed by atoms with E-state index in [1.54, 1.807) is 18.2 Å². The lowest BCUT2D eigenvalue weighted by Gasteiger charge is -2.16. The molecule has 1 heterocycles. The Labute approximate surface area is 170 Å². The first-order chi connectivity index (χ1) is 13.9. The molecule has 29 heavy (non-hydrogen) atoms. The second-order valence-corrected chi connectivity index (χ2v) is 7.44. The number of fused-ring (bicyclic) bond motifs is 1. The van der Waals surface area contributed by atoms with E-state index in [0.29, 0.717) is 11.9 Å². The van der Waals surface area contributed by atoms with Gasteiger partial charge in [-0.1, -0.05) is 67.2 Å². The maximum Gasteiger partial charge on any atom is 0.451 e. The standard InChI is InChI=1S/C21H20F3N3OS/c1-2-14(15-8-4-3-5-9-15)12-25-18(28)13-29-19-16-10-6-7-11-17(16)26-20(27-19)21(22,23)24/h3-11,14H,2,12-13H2,1H3,(H,25,28). The smallest absolute Gasteiger partial charge is 0.355 e. The number of alkyl halides is 3. The van der Waals surface area contributed by atoms with Crippen molar-refractivity contribution in [2.75, 3.05) is 12.3 Å². The summed E-state index contributed by atoms with van der Waals surface area (Å²) in [5.74, 6) is -1.29. The van der Waals surface area contributed by atoms with Crippen LogP contribution in [0.5, 0.6) is 0 Å². The summed E-state index contributed by atoms with van der Waals surface area (Å²) in [7, 11) is 0. The van der Waals surface area contributed by atoms with Gasteiger partial charge in [0.1, 0.15) is 5.03 Å². The van der Waals surface area contributed by atoms with Crippen LogP contribution in [0.3, 0.4) is 0 Å². The second-order valence-electron chi connectivity index (χ2n) is 6.48. The number of amides is 1. The average molecular weight is 419 g/mol. The van der Waals surface area contributed by atoms with Crippen LogP contribution in [0.1, 0.15) is 30.7 Å². The van der Waals surface area contributed by atoms with Crippen LogP contribution >= 0.6 is 11.8 Å². The Morgan fingerprint density at radius 3 is 2.45 bits per heavy atom. The molecule has 1 N–H and O–H groups in total. The number of aromatic nitrogens is 2. The Morgan fingerprint density at radius 1 is 1.07 bits per heavy atom. The van der Waals surface area contributed by atoms with E-state index in [1.165, 1.54) is 6.07 Å². The second kappa shape index (κ2) is 9.26. The minimum Gasteiger partial charge on any atom is -0.355 e. The van der Waals surface area contributed by atoms with Gasteiger partial charge in [-0.05, 0) is 18.1 Å². The maximum absolute atomic E-state index is 13.1. The van der Waals surface area contributed by atoms with Crippen molar-refractivity contribution in [2.45, 2.75) is 30.5 Å². The molecule has 4 nitrogen and oxygen atoms in total. The van der Waals surface area contributed by atoms with E-state index in [1.807, 2.05) is 37.3 Å². The highest BCUT2D eigenvalue weighted by molar-refractivity contribution is 8.00. The summed E-state index contributed by atoms with van der Waals surface area (Å²) < 4.78 is 39.3. The van der Waals surface area contributed by atoms with E-state index in [-0.39, 0.29) is 28.1 Å². The molecule has 1 atom stereocenters. The molecule has 0 bridgehead atoms. The lowest BCUT2D eigenvalue weighted by Crippen LogP contribution is -2.29. The number of nitrogens with one attached hydrogen (secondary N) is 1. The predicted molar refractivity (Wildman–Crippen MR) is 108 cm³/mol. The van der Waals surface area contributed by atoms with E-state index >= 15 is 0 Å². The zero-order chi connectivity index (χ0) is 20.9. The number of hydrogen-bond donors (Lipinski definition) is 1. The number of thioether (sulfide) groups is 1. The number of hydrogen-bond acceptors (Lipinski definition) is 4. The van der Waals surface area contributed by atoms with Crippen LogP contribution in [0.15, 0.2) is 59.6 Å². The van der Waals surface area contributed by atoms with Gasteiger partial charge in [0, 0.05) is 17.8 Å². The molecule has 0 spiro atoms. The molecule has 2 aromatic carbocycles. The van der Waals surface area contributed by atoms with Crippen molar-refractivity contribution in [1.29, 1.82) is 0 Å². The van der Waals surface area contributed by atoms with Gasteiger partial charge in [0.25, 0.3) is 0 Å². The molecule has 0 saturated heterocycles. The summed E-state index contributed by atoms with van der Waals surface area (Å²) in [6, 6.07) is 16.3. The van der Waals surface area contributed by atoms with E-state index in [0.717, 1.165) is 23.7 Å². The van der Waals surface area contributed by atoms with Crippen molar-refractivity contribution in [3.8, 4) is 0 Å². The van der Waals surface area contributed by atoms with Gasteiger partial charge in [0.15, 0.2) is 0 Å². The normalized spacial score (nSPS) is 12.7. The van der Waals surface area contributed by atoms with Crippen LogP contribution in [-0.4, -0.2) is 28.2 Å². The van der Waals surface area contributed by atoms with E-state index in [2.05, 4.69) is 15.3 Å². The zero-order valence-electron chi connectivity index (χ0n) is 15.7. The highest BCUT2D eigenvalue weighted by Gasteiger charge is 2.35. The molecule has 0 radical (unpaired) electrons. The maximum atomic E-state index is 13.1. The van der Waals surface area contributed by atoms with Gasteiger partial charge in [-0.2, -0.15) is 13.2 Å². The van der Waals surface area contributed by atoms with Crippen LogP contribution in [-0.2, 0) is 11.0 Å². The highest BCUT2D eigenvalue weighted by Crippen LogP contribution is 2.32. The van der Waals surface area contributed by atoms with Crippen molar-refractivity contribution in [2.24, 2.45) is 0 Å². The van der Waals surface area contributed by atoms with Gasteiger partial charge in [-0.15, -0.1) is 0 Å². The predicted octanol–water partition coefficient (Wildman–Crippen LogP) is 5.05. The number of halogens is 3. The number of rotatable bonds is 7. The first-order valence-electron chi connectivity index (χ1n) is 9.17. The number of carbonyl (C=O) groups is 1. The fourth-order valence-electron chi connectivity index (χ4n) is 2.93. The summed E-state index contributed by atoms with van der Waals surface area (Å²) in [6.45, 7) is 2.52. The third-order valence-corrected chi connectivity index (χ3v) is 5.46. The Balaban J connectivity index is 1.67. The fraction of sp³-hybridized carbons (Fsp3) is 0.286. The summed E-state index contributed by atoms with van der Waals surface area (Å²) in [4.78, 5) is 19.5. The Kier molecular flexibility index (Phi) is 6.74. The van der Waals surface area contributed by atoms with E-state index in [9.17, 15) is 18.0 Å². The summed E-state index contributed by atoms with van der Waals surface area (Å²) >= 11 is 0.980. The molecule has 0 saturated carbocycles. The Hall–Kier alpha value is -2.61. The van der Waals surface area contributed by atoms with Crippen molar-refractivity contribution in [1.82, 2.24) is 15.3 Å². The van der Waals surface area contributed by atoms with Crippen LogP contribution in [0, 0.1) is 0 Å². The molecular weight excluding hydrogens is 399 g/mol. The van der Waals surface area contributed by atoms with Gasteiger partial charge in [-0.3, -0.25) is 4.79 Å². The van der Waals surface area contributed by atoms with Gasteiger partial charge in [0.05, 0.1) is 11.3 Å². The van der Waals surface area contributed by atoms with Crippen molar-refractivity contribution in [3.05, 3.63) is 66.0 Å². The summed E-state index contributed by atoms with van der Waals surface area (Å²) in [5, 5.41) is 3.51. The molecule has 3 aromatic rings. The van der Waals surface area contributed by atoms with Gasteiger partial charge >= 0.3 is 6.18 Å². The Morgan fingerprint density at radius 2 is 1.76 bits per heavy atom. The molecule has 0 aliphatic heterocycles. The molecule has 1 aromatic heterocycles.